The molecule has 0 unspecified atom stereocenters. The summed E-state index contributed by atoms with van der Waals surface area (Å²) >= 11 is 0. The van der Waals surface area contributed by atoms with Crippen molar-refractivity contribution >= 4 is 40.5 Å². The summed E-state index contributed by atoms with van der Waals surface area (Å²) in [7, 11) is -23.0. The van der Waals surface area contributed by atoms with Crippen molar-refractivity contribution in [2.45, 2.75) is 0 Å². The van der Waals surface area contributed by atoms with Gasteiger partial charge in [-0.2, -0.15) is 0 Å². The van der Waals surface area contributed by atoms with Gasteiger partial charge in [-0.15, -0.1) is 0 Å². The van der Waals surface area contributed by atoms with Crippen LogP contribution in [0.5, 0.6) is 0 Å². The SMILES string of the molecule is F[Si](F)(F)/C=C/[Si](/C=C/[Si](F)(F)F)(/C=C/[Si](F)(F)F)c1ccccc1. The molecule has 0 fully saturated rings. The molecule has 1 aromatic rings. The van der Waals surface area contributed by atoms with Crippen molar-refractivity contribution in [1.29, 1.82) is 0 Å². The van der Waals surface area contributed by atoms with Crippen molar-refractivity contribution in [3.8, 4) is 0 Å². The average molecular weight is 439 g/mol. The molecule has 0 saturated carbocycles. The second-order valence-electron chi connectivity index (χ2n) is 4.92. The van der Waals surface area contributed by atoms with Crippen LogP contribution in [-0.4, -0.2) is 35.3 Å². The van der Waals surface area contributed by atoms with Crippen LogP contribution in [0.3, 0.4) is 0 Å². The van der Waals surface area contributed by atoms with Crippen molar-refractivity contribution in [2.75, 3.05) is 0 Å². The molecule has 0 spiro atoms. The van der Waals surface area contributed by atoms with Gasteiger partial charge in [0.1, 0.15) is 0 Å². The smallest absolute Gasteiger partial charge is 0.234 e. The fourth-order valence-electron chi connectivity index (χ4n) is 1.88. The van der Waals surface area contributed by atoms with Gasteiger partial charge in [-0.3, -0.25) is 0 Å². The molecular weight excluding hydrogens is 427 g/mol. The van der Waals surface area contributed by atoms with Crippen molar-refractivity contribution in [2.24, 2.45) is 0 Å². The highest BCUT2D eigenvalue weighted by Gasteiger charge is 2.40. The molecule has 0 bridgehead atoms. The number of rotatable bonds is 7. The zero-order valence-electron chi connectivity index (χ0n) is 12.3. The van der Waals surface area contributed by atoms with Crippen LogP contribution in [0, 0.1) is 0 Å². The summed E-state index contributed by atoms with van der Waals surface area (Å²) in [6.45, 7) is 0. The van der Waals surface area contributed by atoms with Gasteiger partial charge in [0.15, 0.2) is 8.07 Å². The molecule has 25 heavy (non-hydrogen) atoms. The molecule has 0 atom stereocenters. The normalized spacial score (nSPS) is 14.9. The molecule has 0 nitrogen and oxygen atoms in total. The van der Waals surface area contributed by atoms with Crippen LogP contribution in [-0.2, 0) is 0 Å². The highest BCUT2D eigenvalue weighted by atomic mass is 28.5. The topological polar surface area (TPSA) is 0 Å². The molecule has 0 radical (unpaired) electrons. The lowest BCUT2D eigenvalue weighted by atomic mass is 10.4. The molecule has 0 saturated heterocycles. The molecule has 1 aromatic carbocycles. The maximum atomic E-state index is 12.6. The van der Waals surface area contributed by atoms with E-state index in [1.54, 1.807) is 0 Å². The largest absolute Gasteiger partial charge is 0.644 e. The van der Waals surface area contributed by atoms with E-state index < -0.39 is 35.3 Å². The Morgan fingerprint density at radius 2 is 0.800 bits per heavy atom. The predicted octanol–water partition coefficient (Wildman–Crippen LogP) is 4.79. The number of hydrogen-bond donors (Lipinski definition) is 0. The quantitative estimate of drug-likeness (QED) is 0.326. The highest BCUT2D eigenvalue weighted by Crippen LogP contribution is 2.21. The number of halogens is 9. The minimum absolute atomic E-state index is 0.00787. The first-order valence-electron chi connectivity index (χ1n) is 6.59. The van der Waals surface area contributed by atoms with Gasteiger partial charge in [0, 0.05) is 0 Å². The first-order chi connectivity index (χ1) is 11.2. The van der Waals surface area contributed by atoms with Gasteiger partial charge in [0.25, 0.3) is 0 Å². The second kappa shape index (κ2) is 7.92. The monoisotopic (exact) mass is 438 g/mol. The van der Waals surface area contributed by atoms with E-state index in [1.807, 2.05) is 0 Å². The third-order valence-electron chi connectivity index (χ3n) is 2.92. The van der Waals surface area contributed by atoms with E-state index in [-0.39, 0.29) is 22.3 Å². The molecule has 13 heteroatoms. The Bertz CT molecular complexity index is 581. The third kappa shape index (κ3) is 8.55. The molecule has 138 valence electrons. The molecule has 0 aromatic heterocycles. The zero-order chi connectivity index (χ0) is 19.4. The molecule has 0 aliphatic heterocycles. The van der Waals surface area contributed by atoms with Gasteiger partial charge >= 0.3 is 27.2 Å². The number of hydrogen-bond acceptors (Lipinski definition) is 0. The molecule has 0 heterocycles. The van der Waals surface area contributed by atoms with Crippen molar-refractivity contribution in [1.82, 2.24) is 0 Å². The van der Waals surface area contributed by atoms with Crippen molar-refractivity contribution in [3.63, 3.8) is 0 Å². The Balaban J connectivity index is 3.60. The molecule has 0 N–H and O–H groups in total. The van der Waals surface area contributed by atoms with Crippen LogP contribution in [0.25, 0.3) is 0 Å². The summed E-state index contributed by atoms with van der Waals surface area (Å²) in [6, 6.07) is 6.65. The lowest BCUT2D eigenvalue weighted by Gasteiger charge is -2.22. The zero-order valence-corrected chi connectivity index (χ0v) is 16.3. The Morgan fingerprint density at radius 1 is 0.480 bits per heavy atom. The second-order valence-corrected chi connectivity index (χ2v) is 12.6. The first kappa shape index (κ1) is 21.7. The van der Waals surface area contributed by atoms with Gasteiger partial charge < -0.3 is 0 Å². The molecule has 0 aliphatic rings. The van der Waals surface area contributed by atoms with Crippen molar-refractivity contribution in [3.05, 3.63) is 64.5 Å². The van der Waals surface area contributed by atoms with E-state index in [4.69, 9.17) is 0 Å². The molecule has 1 rings (SSSR count). The van der Waals surface area contributed by atoms with E-state index in [9.17, 15) is 37.0 Å². The highest BCUT2D eigenvalue weighted by molar-refractivity contribution is 7.05. The van der Waals surface area contributed by atoms with E-state index in [0.29, 0.717) is 17.1 Å². The average Bonchev–Trinajstić information content (AvgIpc) is 2.45. The number of benzene rings is 1. The summed E-state index contributed by atoms with van der Waals surface area (Å²) in [4.78, 5) is 0. The standard InChI is InChI=1S/C12H11F9Si4/c13-23(14,15)9-6-22(7-10-24(16,17)18,8-11-25(19,20)21)12-4-2-1-3-5-12/h1-11H/b9-6+,10-7+,11-8+. The third-order valence-corrected chi connectivity index (χ3v) is 9.04. The van der Waals surface area contributed by atoms with Gasteiger partial charge in [-0.1, -0.05) is 47.4 Å². The lowest BCUT2D eigenvalue weighted by Crippen LogP contribution is -2.45. The summed E-state index contributed by atoms with van der Waals surface area (Å²) in [5, 5.41) is 0.00787. The Hall–Kier alpha value is -1.32. The molecule has 0 amide bonds. The summed E-state index contributed by atoms with van der Waals surface area (Å²) in [6.07, 6.45) is 0. The Labute approximate surface area is 142 Å². The molecule has 0 aliphatic carbocycles. The van der Waals surface area contributed by atoms with E-state index >= 15 is 0 Å². The fourth-order valence-corrected chi connectivity index (χ4v) is 9.14. The predicted molar refractivity (Wildman–Crippen MR) is 86.5 cm³/mol. The van der Waals surface area contributed by atoms with Crippen LogP contribution in [0.15, 0.2) is 64.5 Å². The van der Waals surface area contributed by atoms with Crippen LogP contribution >= 0.6 is 0 Å². The van der Waals surface area contributed by atoms with E-state index in [0.717, 1.165) is 0 Å². The lowest BCUT2D eigenvalue weighted by molar-refractivity contribution is 0.497. The summed E-state index contributed by atoms with van der Waals surface area (Å²) < 4.78 is 114. The van der Waals surface area contributed by atoms with Crippen LogP contribution in [0.1, 0.15) is 0 Å². The fraction of sp³-hybridized carbons (Fsp3) is 0. The maximum absolute atomic E-state index is 12.6. The van der Waals surface area contributed by atoms with E-state index in [2.05, 4.69) is 0 Å². The van der Waals surface area contributed by atoms with Gasteiger partial charge in [-0.05, 0) is 22.3 Å². The van der Waals surface area contributed by atoms with E-state index in [1.165, 1.54) is 30.3 Å². The minimum Gasteiger partial charge on any atom is -0.234 e. The Kier molecular flexibility index (Phi) is 6.88. The van der Waals surface area contributed by atoms with Crippen molar-refractivity contribution < 1.29 is 37.0 Å². The Morgan fingerprint density at radius 3 is 1.08 bits per heavy atom. The van der Waals surface area contributed by atoms with Gasteiger partial charge in [0.2, 0.25) is 0 Å². The maximum Gasteiger partial charge on any atom is 0.644 e. The minimum atomic E-state index is -6.30. The van der Waals surface area contributed by atoms with Gasteiger partial charge in [0.05, 0.1) is 0 Å². The molecular formula is C12H11F9Si4. The van der Waals surface area contributed by atoms with Gasteiger partial charge in [-0.25, -0.2) is 37.0 Å². The summed E-state index contributed by atoms with van der Waals surface area (Å²) in [5.41, 5.74) is 0.954. The summed E-state index contributed by atoms with van der Waals surface area (Å²) in [5.74, 6) is 0. The first-order valence-corrected chi connectivity index (χ1v) is 14.0. The van der Waals surface area contributed by atoms with Crippen LogP contribution < -0.4 is 5.19 Å². The van der Waals surface area contributed by atoms with Crippen LogP contribution in [0.4, 0.5) is 37.0 Å². The van der Waals surface area contributed by atoms with Crippen LogP contribution in [0.2, 0.25) is 0 Å².